The lowest BCUT2D eigenvalue weighted by Crippen LogP contribution is -2.40. The minimum absolute atomic E-state index is 0.0607. The van der Waals surface area contributed by atoms with Crippen LogP contribution < -0.4 is 11.1 Å². The van der Waals surface area contributed by atoms with Crippen LogP contribution in [0.25, 0.3) is 0 Å². The number of amides is 1. The second-order valence-corrected chi connectivity index (χ2v) is 5.48. The molecule has 1 atom stereocenters. The number of aliphatic carboxylic acids is 1. The fourth-order valence-corrected chi connectivity index (χ4v) is 2.51. The van der Waals surface area contributed by atoms with Crippen LogP contribution in [0.2, 0.25) is 0 Å². The van der Waals surface area contributed by atoms with Gasteiger partial charge in [0, 0.05) is 13.0 Å². The molecule has 1 aliphatic rings. The van der Waals surface area contributed by atoms with Crippen molar-refractivity contribution in [1.29, 1.82) is 0 Å². The van der Waals surface area contributed by atoms with Crippen molar-refractivity contribution in [2.75, 3.05) is 13.1 Å². The van der Waals surface area contributed by atoms with Gasteiger partial charge in [-0.2, -0.15) is 0 Å². The lowest BCUT2D eigenvalue weighted by molar-refractivity contribution is -0.141. The number of carbonyl (C=O) groups excluding carboxylic acids is 1. The number of nitrogens with two attached hydrogens (primary N) is 1. The van der Waals surface area contributed by atoms with Gasteiger partial charge in [0.2, 0.25) is 5.91 Å². The number of nitrogens with one attached hydrogen (secondary N) is 1. The molecule has 0 bridgehead atoms. The Morgan fingerprint density at radius 3 is 2.44 bits per heavy atom. The van der Waals surface area contributed by atoms with Crippen LogP contribution in [0.5, 0.6) is 0 Å². The molecule has 0 heterocycles. The van der Waals surface area contributed by atoms with E-state index in [4.69, 9.17) is 10.8 Å². The first-order valence-corrected chi connectivity index (χ1v) is 6.69. The summed E-state index contributed by atoms with van der Waals surface area (Å²) in [6, 6.07) is 0. The highest BCUT2D eigenvalue weighted by Crippen LogP contribution is 2.38. The molecule has 104 valence electrons. The lowest BCUT2D eigenvalue weighted by Gasteiger charge is -2.35. The van der Waals surface area contributed by atoms with E-state index in [1.54, 1.807) is 6.92 Å². The van der Waals surface area contributed by atoms with Gasteiger partial charge in [0.25, 0.3) is 0 Å². The molecule has 1 saturated carbocycles. The molecule has 1 aliphatic carbocycles. The summed E-state index contributed by atoms with van der Waals surface area (Å²) in [6.45, 7) is 2.31. The number of hydrogen-bond donors (Lipinski definition) is 3. The molecule has 4 N–H and O–H groups in total. The van der Waals surface area contributed by atoms with E-state index in [0.29, 0.717) is 13.0 Å². The third kappa shape index (κ3) is 4.29. The molecule has 5 nitrogen and oxygen atoms in total. The molecule has 0 aromatic heterocycles. The third-order valence-electron chi connectivity index (χ3n) is 3.91. The van der Waals surface area contributed by atoms with E-state index >= 15 is 0 Å². The maximum Gasteiger partial charge on any atom is 0.308 e. The summed E-state index contributed by atoms with van der Waals surface area (Å²) >= 11 is 0. The van der Waals surface area contributed by atoms with Gasteiger partial charge in [0.15, 0.2) is 0 Å². The smallest absolute Gasteiger partial charge is 0.308 e. The predicted molar refractivity (Wildman–Crippen MR) is 69.0 cm³/mol. The third-order valence-corrected chi connectivity index (χ3v) is 3.91. The first kappa shape index (κ1) is 15.0. The second-order valence-electron chi connectivity index (χ2n) is 5.48. The summed E-state index contributed by atoms with van der Waals surface area (Å²) in [5.74, 6) is -1.51. The molecular weight excluding hydrogens is 232 g/mol. The van der Waals surface area contributed by atoms with Gasteiger partial charge in [-0.1, -0.05) is 26.2 Å². The van der Waals surface area contributed by atoms with Crippen LogP contribution in [0, 0.1) is 11.3 Å². The first-order chi connectivity index (χ1) is 8.49. The molecule has 0 aliphatic heterocycles. The monoisotopic (exact) mass is 256 g/mol. The molecular formula is C13H24N2O3. The maximum atomic E-state index is 11.8. The maximum absolute atomic E-state index is 11.8. The van der Waals surface area contributed by atoms with E-state index in [2.05, 4.69) is 5.32 Å². The van der Waals surface area contributed by atoms with Crippen molar-refractivity contribution in [3.05, 3.63) is 0 Å². The largest absolute Gasteiger partial charge is 0.481 e. The Kier molecular flexibility index (Phi) is 5.59. The number of carboxylic acids is 1. The van der Waals surface area contributed by atoms with Gasteiger partial charge in [0.05, 0.1) is 5.92 Å². The van der Waals surface area contributed by atoms with Gasteiger partial charge >= 0.3 is 5.97 Å². The topological polar surface area (TPSA) is 92.4 Å². The highest BCUT2D eigenvalue weighted by molar-refractivity contribution is 5.78. The van der Waals surface area contributed by atoms with Crippen LogP contribution in [0.3, 0.4) is 0 Å². The fraction of sp³-hybridized carbons (Fsp3) is 0.846. The van der Waals surface area contributed by atoms with Gasteiger partial charge in [-0.15, -0.1) is 0 Å². The lowest BCUT2D eigenvalue weighted by atomic mass is 9.71. The normalized spacial score (nSPS) is 20.1. The standard InChI is InChI=1S/C13H24N2O3/c1-10(12(17)18)8-15-11(16)7-13(9-14)5-3-2-4-6-13/h10H,2-9,14H2,1H3,(H,15,16)(H,17,18). The molecule has 1 fully saturated rings. The van der Waals surface area contributed by atoms with E-state index in [1.807, 2.05) is 0 Å². The van der Waals surface area contributed by atoms with Gasteiger partial charge in [0.1, 0.15) is 0 Å². The minimum Gasteiger partial charge on any atom is -0.481 e. The number of hydrogen-bond acceptors (Lipinski definition) is 3. The molecule has 1 unspecified atom stereocenters. The highest BCUT2D eigenvalue weighted by Gasteiger charge is 2.32. The van der Waals surface area contributed by atoms with Crippen molar-refractivity contribution in [1.82, 2.24) is 5.32 Å². The fourth-order valence-electron chi connectivity index (χ4n) is 2.51. The van der Waals surface area contributed by atoms with Crippen molar-refractivity contribution in [3.8, 4) is 0 Å². The van der Waals surface area contributed by atoms with Gasteiger partial charge < -0.3 is 16.2 Å². The van der Waals surface area contributed by atoms with E-state index in [9.17, 15) is 9.59 Å². The van der Waals surface area contributed by atoms with Crippen molar-refractivity contribution in [2.24, 2.45) is 17.1 Å². The van der Waals surface area contributed by atoms with Crippen LogP contribution in [0.4, 0.5) is 0 Å². The van der Waals surface area contributed by atoms with Crippen LogP contribution in [-0.2, 0) is 9.59 Å². The van der Waals surface area contributed by atoms with E-state index in [0.717, 1.165) is 25.7 Å². The van der Waals surface area contributed by atoms with Gasteiger partial charge in [-0.3, -0.25) is 9.59 Å². The van der Waals surface area contributed by atoms with Crippen molar-refractivity contribution in [3.63, 3.8) is 0 Å². The summed E-state index contributed by atoms with van der Waals surface area (Å²) in [5, 5.41) is 11.4. The first-order valence-electron chi connectivity index (χ1n) is 6.69. The van der Waals surface area contributed by atoms with E-state index in [-0.39, 0.29) is 17.9 Å². The summed E-state index contributed by atoms with van der Waals surface area (Å²) < 4.78 is 0. The van der Waals surface area contributed by atoms with Gasteiger partial charge in [-0.05, 0) is 24.8 Å². The molecule has 1 rings (SSSR count). The Bertz CT molecular complexity index is 299. The molecule has 0 aromatic carbocycles. The predicted octanol–water partition coefficient (Wildman–Crippen LogP) is 1.12. The van der Waals surface area contributed by atoms with Crippen LogP contribution in [-0.4, -0.2) is 30.1 Å². The Balaban J connectivity index is 2.40. The molecule has 0 saturated heterocycles. The Morgan fingerprint density at radius 1 is 1.33 bits per heavy atom. The Morgan fingerprint density at radius 2 is 1.94 bits per heavy atom. The molecule has 18 heavy (non-hydrogen) atoms. The van der Waals surface area contributed by atoms with Crippen molar-refractivity contribution in [2.45, 2.75) is 45.4 Å². The average Bonchev–Trinajstić information content (AvgIpc) is 2.36. The van der Waals surface area contributed by atoms with Crippen LogP contribution >= 0.6 is 0 Å². The zero-order valence-electron chi connectivity index (χ0n) is 11.1. The summed E-state index contributed by atoms with van der Waals surface area (Å²) in [4.78, 5) is 22.5. The van der Waals surface area contributed by atoms with Crippen LogP contribution in [0.1, 0.15) is 45.4 Å². The van der Waals surface area contributed by atoms with Gasteiger partial charge in [-0.25, -0.2) is 0 Å². The zero-order chi connectivity index (χ0) is 13.6. The summed E-state index contributed by atoms with van der Waals surface area (Å²) in [5.41, 5.74) is 5.76. The Labute approximate surface area is 108 Å². The molecule has 0 aromatic rings. The van der Waals surface area contributed by atoms with Crippen molar-refractivity contribution < 1.29 is 14.7 Å². The van der Waals surface area contributed by atoms with E-state index in [1.165, 1.54) is 6.42 Å². The number of carboxylic acid groups (broad SMARTS) is 1. The molecule has 1 amide bonds. The van der Waals surface area contributed by atoms with Crippen molar-refractivity contribution >= 4 is 11.9 Å². The second kappa shape index (κ2) is 6.73. The molecule has 5 heteroatoms. The quantitative estimate of drug-likeness (QED) is 0.664. The zero-order valence-corrected chi connectivity index (χ0v) is 11.1. The summed E-state index contributed by atoms with van der Waals surface area (Å²) in [6.07, 6.45) is 5.93. The highest BCUT2D eigenvalue weighted by atomic mass is 16.4. The van der Waals surface area contributed by atoms with Crippen LogP contribution in [0.15, 0.2) is 0 Å². The molecule has 0 spiro atoms. The molecule has 0 radical (unpaired) electrons. The minimum atomic E-state index is -0.887. The number of rotatable bonds is 6. The van der Waals surface area contributed by atoms with E-state index < -0.39 is 11.9 Å². The Hall–Kier alpha value is -1.10. The summed E-state index contributed by atoms with van der Waals surface area (Å²) in [7, 11) is 0. The number of carbonyl (C=O) groups is 2. The SMILES string of the molecule is CC(CNC(=O)CC1(CN)CCCCC1)C(=O)O. The average molecular weight is 256 g/mol.